The molecular weight excluding hydrogens is 270 g/mol. The minimum Gasteiger partial charge on any atom is -0.381 e. The van der Waals surface area contributed by atoms with Crippen molar-refractivity contribution in [1.29, 1.82) is 0 Å². The standard InChI is InChI=1S/C15H21N3OS/c1-2-11-4-6-20-14(11)8-18-10-17-7-13(18)15(16)12-3-5-19-9-12/h4,6-7,10,12,15H,2-3,5,8-9,16H2,1H3. The van der Waals surface area contributed by atoms with Crippen molar-refractivity contribution in [2.24, 2.45) is 11.7 Å². The molecule has 1 fully saturated rings. The molecule has 108 valence electrons. The molecule has 2 N–H and O–H groups in total. The third kappa shape index (κ3) is 2.66. The number of nitrogens with two attached hydrogens (primary N) is 1. The van der Waals surface area contributed by atoms with E-state index in [-0.39, 0.29) is 6.04 Å². The van der Waals surface area contributed by atoms with Crippen LogP contribution in [0.15, 0.2) is 24.0 Å². The molecule has 0 aromatic carbocycles. The number of nitrogens with zero attached hydrogens (tertiary/aromatic N) is 2. The lowest BCUT2D eigenvalue weighted by molar-refractivity contribution is 0.180. The summed E-state index contributed by atoms with van der Waals surface area (Å²) in [4.78, 5) is 5.70. The number of rotatable bonds is 5. The molecule has 1 aliphatic rings. The van der Waals surface area contributed by atoms with E-state index in [1.807, 2.05) is 23.9 Å². The number of ether oxygens (including phenoxy) is 1. The van der Waals surface area contributed by atoms with Crippen LogP contribution in [-0.4, -0.2) is 22.8 Å². The van der Waals surface area contributed by atoms with Crippen LogP contribution in [0.4, 0.5) is 0 Å². The number of imidazole rings is 1. The molecule has 0 spiro atoms. The van der Waals surface area contributed by atoms with Gasteiger partial charge in [-0.2, -0.15) is 0 Å². The lowest BCUT2D eigenvalue weighted by Crippen LogP contribution is -2.24. The van der Waals surface area contributed by atoms with Crippen molar-refractivity contribution in [3.63, 3.8) is 0 Å². The van der Waals surface area contributed by atoms with Crippen LogP contribution in [0.1, 0.15) is 35.5 Å². The third-order valence-electron chi connectivity index (χ3n) is 4.09. The Kier molecular flexibility index (Phi) is 4.19. The summed E-state index contributed by atoms with van der Waals surface area (Å²) in [5, 5.41) is 2.16. The highest BCUT2D eigenvalue weighted by molar-refractivity contribution is 7.10. The van der Waals surface area contributed by atoms with Crippen LogP contribution in [-0.2, 0) is 17.7 Å². The summed E-state index contributed by atoms with van der Waals surface area (Å²) >= 11 is 1.81. The maximum atomic E-state index is 6.41. The maximum absolute atomic E-state index is 6.41. The van der Waals surface area contributed by atoms with Crippen LogP contribution in [0.5, 0.6) is 0 Å². The van der Waals surface area contributed by atoms with Gasteiger partial charge in [0.1, 0.15) is 0 Å². The summed E-state index contributed by atoms with van der Waals surface area (Å²) in [7, 11) is 0. The van der Waals surface area contributed by atoms with Crippen LogP contribution >= 0.6 is 11.3 Å². The first kappa shape index (κ1) is 13.8. The van der Waals surface area contributed by atoms with Crippen molar-refractivity contribution in [3.05, 3.63) is 40.1 Å². The minimum absolute atomic E-state index is 0.0186. The number of hydrogen-bond donors (Lipinski definition) is 1. The van der Waals surface area contributed by atoms with E-state index < -0.39 is 0 Å². The Hall–Kier alpha value is -1.17. The highest BCUT2D eigenvalue weighted by atomic mass is 32.1. The van der Waals surface area contributed by atoms with Gasteiger partial charge in [-0.05, 0) is 29.9 Å². The average Bonchev–Trinajstić information content (AvgIpc) is 3.20. The SMILES string of the molecule is CCc1ccsc1Cn1cncc1C(N)C1CCOC1. The van der Waals surface area contributed by atoms with Gasteiger partial charge in [0.25, 0.3) is 0 Å². The highest BCUT2D eigenvalue weighted by Crippen LogP contribution is 2.27. The summed E-state index contributed by atoms with van der Waals surface area (Å²) in [6.07, 6.45) is 5.92. The quantitative estimate of drug-likeness (QED) is 0.921. The molecule has 0 bridgehead atoms. The van der Waals surface area contributed by atoms with Gasteiger partial charge >= 0.3 is 0 Å². The van der Waals surface area contributed by atoms with Gasteiger partial charge in [-0.25, -0.2) is 4.98 Å². The smallest absolute Gasteiger partial charge is 0.0952 e. The molecule has 2 unspecified atom stereocenters. The second-order valence-electron chi connectivity index (χ2n) is 5.32. The molecule has 1 saturated heterocycles. The molecule has 5 heteroatoms. The van der Waals surface area contributed by atoms with Crippen LogP contribution in [0.25, 0.3) is 0 Å². The van der Waals surface area contributed by atoms with Crippen molar-refractivity contribution in [2.75, 3.05) is 13.2 Å². The van der Waals surface area contributed by atoms with Gasteiger partial charge < -0.3 is 15.0 Å². The van der Waals surface area contributed by atoms with E-state index >= 15 is 0 Å². The molecule has 0 radical (unpaired) electrons. The summed E-state index contributed by atoms with van der Waals surface area (Å²) < 4.78 is 7.64. The van der Waals surface area contributed by atoms with Crippen molar-refractivity contribution in [2.45, 2.75) is 32.4 Å². The Bertz CT molecular complexity index is 557. The van der Waals surface area contributed by atoms with Crippen LogP contribution < -0.4 is 5.73 Å². The van der Waals surface area contributed by atoms with Crippen molar-refractivity contribution >= 4 is 11.3 Å². The number of aryl methyl sites for hydroxylation is 1. The zero-order chi connectivity index (χ0) is 13.9. The second kappa shape index (κ2) is 6.08. The Morgan fingerprint density at radius 3 is 3.25 bits per heavy atom. The van der Waals surface area contributed by atoms with Gasteiger partial charge in [0, 0.05) is 23.6 Å². The lowest BCUT2D eigenvalue weighted by atomic mass is 9.97. The molecule has 0 saturated carbocycles. The Labute approximate surface area is 123 Å². The van der Waals surface area contributed by atoms with Crippen LogP contribution in [0.2, 0.25) is 0 Å². The van der Waals surface area contributed by atoms with Crippen LogP contribution in [0.3, 0.4) is 0 Å². The monoisotopic (exact) mass is 291 g/mol. The van der Waals surface area contributed by atoms with E-state index in [9.17, 15) is 0 Å². The van der Waals surface area contributed by atoms with Gasteiger partial charge in [-0.15, -0.1) is 11.3 Å². The Morgan fingerprint density at radius 1 is 1.60 bits per heavy atom. The fourth-order valence-corrected chi connectivity index (χ4v) is 3.77. The molecule has 20 heavy (non-hydrogen) atoms. The maximum Gasteiger partial charge on any atom is 0.0952 e. The van der Waals surface area contributed by atoms with Crippen molar-refractivity contribution in [3.8, 4) is 0 Å². The van der Waals surface area contributed by atoms with Gasteiger partial charge in [-0.3, -0.25) is 0 Å². The summed E-state index contributed by atoms with van der Waals surface area (Å²) in [5.41, 5.74) is 8.95. The minimum atomic E-state index is 0.0186. The van der Waals surface area contributed by atoms with E-state index in [1.165, 1.54) is 10.4 Å². The summed E-state index contributed by atoms with van der Waals surface area (Å²) in [6.45, 7) is 4.67. The number of thiophene rings is 1. The normalized spacial score (nSPS) is 20.4. The zero-order valence-electron chi connectivity index (χ0n) is 11.8. The zero-order valence-corrected chi connectivity index (χ0v) is 12.6. The molecule has 1 aliphatic heterocycles. The molecule has 2 aromatic heterocycles. The predicted molar refractivity (Wildman–Crippen MR) is 80.9 cm³/mol. The molecule has 2 aromatic rings. The second-order valence-corrected chi connectivity index (χ2v) is 6.32. The topological polar surface area (TPSA) is 53.1 Å². The van der Waals surface area contributed by atoms with Gasteiger partial charge in [-0.1, -0.05) is 6.92 Å². The summed E-state index contributed by atoms with van der Waals surface area (Å²) in [5.74, 6) is 0.416. The first-order chi connectivity index (χ1) is 9.79. The number of aromatic nitrogens is 2. The predicted octanol–water partition coefficient (Wildman–Crippen LogP) is 2.59. The fraction of sp³-hybridized carbons (Fsp3) is 0.533. The fourth-order valence-electron chi connectivity index (χ4n) is 2.79. The van der Waals surface area contributed by atoms with Gasteiger partial charge in [0.2, 0.25) is 0 Å². The molecule has 3 rings (SSSR count). The Morgan fingerprint density at radius 2 is 2.50 bits per heavy atom. The first-order valence-electron chi connectivity index (χ1n) is 7.18. The van der Waals surface area contributed by atoms with E-state index in [2.05, 4.69) is 27.9 Å². The number of hydrogen-bond acceptors (Lipinski definition) is 4. The van der Waals surface area contributed by atoms with E-state index in [4.69, 9.17) is 10.5 Å². The Balaban J connectivity index is 1.79. The molecule has 3 heterocycles. The van der Waals surface area contributed by atoms with Crippen molar-refractivity contribution in [1.82, 2.24) is 9.55 Å². The van der Waals surface area contributed by atoms with Gasteiger partial charge in [0.05, 0.1) is 31.2 Å². The summed E-state index contributed by atoms with van der Waals surface area (Å²) in [6, 6.07) is 2.23. The van der Waals surface area contributed by atoms with Crippen LogP contribution in [0, 0.1) is 5.92 Å². The average molecular weight is 291 g/mol. The first-order valence-corrected chi connectivity index (χ1v) is 8.06. The molecular formula is C15H21N3OS. The third-order valence-corrected chi connectivity index (χ3v) is 5.04. The van der Waals surface area contributed by atoms with Crippen molar-refractivity contribution < 1.29 is 4.74 Å². The van der Waals surface area contributed by atoms with E-state index in [0.717, 1.165) is 38.3 Å². The van der Waals surface area contributed by atoms with E-state index in [1.54, 1.807) is 0 Å². The highest BCUT2D eigenvalue weighted by Gasteiger charge is 2.26. The molecule has 4 nitrogen and oxygen atoms in total. The van der Waals surface area contributed by atoms with E-state index in [0.29, 0.717) is 5.92 Å². The molecule has 0 aliphatic carbocycles. The van der Waals surface area contributed by atoms with Gasteiger partial charge in [0.15, 0.2) is 0 Å². The largest absolute Gasteiger partial charge is 0.381 e. The lowest BCUT2D eigenvalue weighted by Gasteiger charge is -2.19. The molecule has 0 amide bonds. The molecule has 2 atom stereocenters.